The molecule has 52 heavy (non-hydrogen) atoms. The number of furan rings is 1. The van der Waals surface area contributed by atoms with Crippen LogP contribution >= 0.6 is 0 Å². The van der Waals surface area contributed by atoms with Crippen molar-refractivity contribution in [3.8, 4) is 5.69 Å². The number of hydrogen-bond acceptors (Lipinski definition) is 4. The van der Waals surface area contributed by atoms with Crippen molar-refractivity contribution in [3.05, 3.63) is 187 Å². The van der Waals surface area contributed by atoms with Crippen LogP contribution in [-0.4, -0.2) is 10.4 Å². The topological polar surface area (TPSA) is 54.5 Å². The molecule has 8 aromatic carbocycles. The van der Waals surface area contributed by atoms with E-state index in [2.05, 4.69) is 173 Å². The summed E-state index contributed by atoms with van der Waals surface area (Å²) in [5.41, 5.74) is 8.29. The van der Waals surface area contributed by atoms with E-state index in [0.29, 0.717) is 0 Å². The Labute approximate surface area is 299 Å². The maximum absolute atomic E-state index is 7.15. The van der Waals surface area contributed by atoms with Gasteiger partial charge in [0.2, 0.25) is 0 Å². The highest BCUT2D eigenvalue weighted by atomic mass is 16.3. The van der Waals surface area contributed by atoms with E-state index in [1.54, 1.807) is 0 Å². The molecule has 2 unspecified atom stereocenters. The molecule has 2 atom stereocenters. The Kier molecular flexibility index (Phi) is 6.39. The molecule has 0 saturated heterocycles. The monoisotopic (exact) mass is 668 g/mol. The lowest BCUT2D eigenvalue weighted by Gasteiger charge is -2.32. The summed E-state index contributed by atoms with van der Waals surface area (Å²) in [5.74, 6) is 0.850. The van der Waals surface area contributed by atoms with Gasteiger partial charge in [-0.2, -0.15) is 0 Å². The minimum Gasteiger partial charge on any atom is -0.453 e. The first-order valence-electron chi connectivity index (χ1n) is 17.8. The summed E-state index contributed by atoms with van der Waals surface area (Å²) < 4.78 is 9.54. The smallest absolute Gasteiger partial charge is 0.159 e. The van der Waals surface area contributed by atoms with E-state index in [1.165, 1.54) is 21.5 Å². The molecule has 246 valence electrons. The summed E-state index contributed by atoms with van der Waals surface area (Å²) in [6.07, 6.45) is -0.508. The molecule has 0 amide bonds. The van der Waals surface area contributed by atoms with Gasteiger partial charge in [0.15, 0.2) is 5.58 Å². The van der Waals surface area contributed by atoms with Crippen LogP contribution in [0.4, 0.5) is 0 Å². The van der Waals surface area contributed by atoms with Gasteiger partial charge in [-0.05, 0) is 52.1 Å². The van der Waals surface area contributed by atoms with Crippen molar-refractivity contribution in [3.63, 3.8) is 0 Å². The van der Waals surface area contributed by atoms with E-state index in [9.17, 15) is 0 Å². The average molecular weight is 669 g/mol. The summed E-state index contributed by atoms with van der Waals surface area (Å²) in [6.45, 7) is 0. The maximum Gasteiger partial charge on any atom is 0.159 e. The van der Waals surface area contributed by atoms with Crippen LogP contribution in [-0.2, 0) is 0 Å². The number of fused-ring (bicyclic) bond motifs is 9. The van der Waals surface area contributed by atoms with E-state index < -0.39 is 0 Å². The van der Waals surface area contributed by atoms with E-state index >= 15 is 0 Å². The third-order valence-electron chi connectivity index (χ3n) is 10.6. The van der Waals surface area contributed by atoms with Gasteiger partial charge in [0.1, 0.15) is 23.8 Å². The number of nitrogens with zero attached hydrogens (tertiary/aromatic N) is 2. The molecule has 0 fully saturated rings. The van der Waals surface area contributed by atoms with Crippen molar-refractivity contribution >= 4 is 71.1 Å². The average Bonchev–Trinajstić information content (AvgIpc) is 3.77. The molecule has 10 aromatic rings. The summed E-state index contributed by atoms with van der Waals surface area (Å²) in [7, 11) is 0. The Morgan fingerprint density at radius 1 is 0.519 bits per heavy atom. The number of para-hydroxylation sites is 1. The summed E-state index contributed by atoms with van der Waals surface area (Å²) >= 11 is 0. The molecule has 0 spiro atoms. The molecule has 5 heteroatoms. The second-order valence-corrected chi connectivity index (χ2v) is 13.6. The fraction of sp³-hybridized carbons (Fsp3) is 0.0426. The number of amidine groups is 1. The highest BCUT2D eigenvalue weighted by Crippen LogP contribution is 2.43. The SMILES string of the molecule is c1ccc(C2=NC(c3ccccc3)NC(c3ccc(-n4c5ccccc5c5cc6ccccc6cc54)c4oc5c6ccccc6ccc5c34)N2)cc1. The fourth-order valence-corrected chi connectivity index (χ4v) is 8.22. The molecule has 2 N–H and O–H groups in total. The summed E-state index contributed by atoms with van der Waals surface area (Å²) in [5, 5.41) is 16.9. The van der Waals surface area contributed by atoms with Gasteiger partial charge in [-0.1, -0.05) is 140 Å². The van der Waals surface area contributed by atoms with Gasteiger partial charge in [-0.3, -0.25) is 5.32 Å². The van der Waals surface area contributed by atoms with Crippen LogP contribution in [0, 0.1) is 0 Å². The third kappa shape index (κ3) is 4.43. The number of rotatable bonds is 4. The van der Waals surface area contributed by atoms with Crippen molar-refractivity contribution in [2.75, 3.05) is 0 Å². The molecule has 0 radical (unpaired) electrons. The van der Waals surface area contributed by atoms with Gasteiger partial charge in [-0.25, -0.2) is 4.99 Å². The number of aromatic nitrogens is 1. The van der Waals surface area contributed by atoms with Crippen molar-refractivity contribution in [2.24, 2.45) is 4.99 Å². The molecule has 1 aliphatic rings. The van der Waals surface area contributed by atoms with Crippen molar-refractivity contribution in [1.29, 1.82) is 0 Å². The second kappa shape index (κ2) is 11.4. The molecule has 1 aliphatic heterocycles. The van der Waals surface area contributed by atoms with E-state index in [1.807, 2.05) is 12.1 Å². The van der Waals surface area contributed by atoms with Crippen LogP contribution in [0.3, 0.4) is 0 Å². The maximum atomic E-state index is 7.15. The van der Waals surface area contributed by atoms with Crippen LogP contribution in [0.15, 0.2) is 179 Å². The standard InChI is InChI=1S/C47H32N4O/c1-3-14-30(15-4-1)45-48-46(31-16-5-2-6-17-31)50-47(49-45)37-25-26-40(44-42(37)36-24-23-29-13-9-10-20-34(29)43(36)52-44)51-39-22-12-11-21-35(39)38-27-32-18-7-8-19-33(32)28-41(38)51/h1-28,45,47,49H,(H,48,50). The largest absolute Gasteiger partial charge is 0.453 e. The zero-order valence-electron chi connectivity index (χ0n) is 28.1. The molecule has 0 aliphatic carbocycles. The van der Waals surface area contributed by atoms with Gasteiger partial charge in [0.25, 0.3) is 0 Å². The Morgan fingerprint density at radius 3 is 2.04 bits per heavy atom. The van der Waals surface area contributed by atoms with Crippen molar-refractivity contribution in [1.82, 2.24) is 15.2 Å². The fourth-order valence-electron chi connectivity index (χ4n) is 8.22. The Bertz CT molecular complexity index is 3030. The number of aliphatic imine (C=N–C) groups is 1. The molecule has 0 saturated carbocycles. The van der Waals surface area contributed by atoms with E-state index in [0.717, 1.165) is 72.0 Å². The lowest BCUT2D eigenvalue weighted by Crippen LogP contribution is -2.45. The molecule has 3 heterocycles. The first kappa shape index (κ1) is 29.1. The van der Waals surface area contributed by atoms with Crippen LogP contribution in [0.5, 0.6) is 0 Å². The van der Waals surface area contributed by atoms with Crippen LogP contribution in [0.1, 0.15) is 29.0 Å². The Hall–Kier alpha value is -6.69. The molecular formula is C47H32N4O. The van der Waals surface area contributed by atoms with Crippen LogP contribution in [0.2, 0.25) is 0 Å². The minimum absolute atomic E-state index is 0.248. The minimum atomic E-state index is -0.260. The number of benzene rings is 8. The number of nitrogens with one attached hydrogen (secondary N) is 2. The molecule has 0 bridgehead atoms. The summed E-state index contributed by atoms with van der Waals surface area (Å²) in [4.78, 5) is 5.19. The molecule has 2 aromatic heterocycles. The van der Waals surface area contributed by atoms with Crippen molar-refractivity contribution in [2.45, 2.75) is 12.3 Å². The lowest BCUT2D eigenvalue weighted by atomic mass is 9.99. The van der Waals surface area contributed by atoms with Gasteiger partial charge >= 0.3 is 0 Å². The first-order valence-corrected chi connectivity index (χ1v) is 17.8. The molecular weight excluding hydrogens is 637 g/mol. The summed E-state index contributed by atoms with van der Waals surface area (Å²) in [6, 6.07) is 60.2. The highest BCUT2D eigenvalue weighted by Gasteiger charge is 2.29. The van der Waals surface area contributed by atoms with Gasteiger partial charge in [0, 0.05) is 38.1 Å². The van der Waals surface area contributed by atoms with E-state index in [4.69, 9.17) is 9.41 Å². The lowest BCUT2D eigenvalue weighted by molar-refractivity contribution is 0.411. The van der Waals surface area contributed by atoms with Gasteiger partial charge < -0.3 is 14.3 Å². The third-order valence-corrected chi connectivity index (χ3v) is 10.6. The Balaban J connectivity index is 1.20. The predicted octanol–water partition coefficient (Wildman–Crippen LogP) is 11.3. The zero-order valence-corrected chi connectivity index (χ0v) is 28.1. The first-order chi connectivity index (χ1) is 25.8. The van der Waals surface area contributed by atoms with Crippen LogP contribution < -0.4 is 10.6 Å². The van der Waals surface area contributed by atoms with Gasteiger partial charge in [-0.15, -0.1) is 0 Å². The number of hydrogen-bond donors (Lipinski definition) is 2. The second-order valence-electron chi connectivity index (χ2n) is 13.6. The van der Waals surface area contributed by atoms with E-state index in [-0.39, 0.29) is 12.3 Å². The van der Waals surface area contributed by atoms with Crippen molar-refractivity contribution < 1.29 is 4.42 Å². The molecule has 11 rings (SSSR count). The normalized spacial score (nSPS) is 16.3. The van der Waals surface area contributed by atoms with Gasteiger partial charge in [0.05, 0.1) is 16.7 Å². The molecule has 5 nitrogen and oxygen atoms in total. The van der Waals surface area contributed by atoms with Crippen LogP contribution in [0.25, 0.3) is 71.0 Å². The highest BCUT2D eigenvalue weighted by molar-refractivity contribution is 6.19. The quantitative estimate of drug-likeness (QED) is 0.196. The predicted molar refractivity (Wildman–Crippen MR) is 214 cm³/mol. The zero-order chi connectivity index (χ0) is 34.2. The Morgan fingerprint density at radius 2 is 1.21 bits per heavy atom.